The fourth-order valence-corrected chi connectivity index (χ4v) is 4.55. The Morgan fingerprint density at radius 1 is 1.24 bits per heavy atom. The first kappa shape index (κ1) is 23.6. The molecule has 8 nitrogen and oxygen atoms in total. The molecule has 1 fully saturated rings. The average molecular weight is 428 g/mol. The predicted molar refractivity (Wildman–Crippen MR) is 111 cm³/mol. The molecule has 29 heavy (non-hydrogen) atoms. The summed E-state index contributed by atoms with van der Waals surface area (Å²) < 4.78 is 38.3. The van der Waals surface area contributed by atoms with Gasteiger partial charge in [0.2, 0.25) is 15.9 Å². The molecule has 1 heterocycles. The Morgan fingerprint density at radius 3 is 2.31 bits per heavy atom. The summed E-state index contributed by atoms with van der Waals surface area (Å²) in [5.41, 5.74) is -0.281. The lowest BCUT2D eigenvalue weighted by atomic mass is 10.00. The highest BCUT2D eigenvalue weighted by Gasteiger charge is 2.34. The van der Waals surface area contributed by atoms with Crippen LogP contribution in [0.15, 0.2) is 29.2 Å². The quantitative estimate of drug-likeness (QED) is 0.650. The number of hydrogen-bond acceptors (Lipinski definition) is 6. The number of benzene rings is 1. The number of hydrogen-bond donors (Lipinski definition) is 2. The topological polar surface area (TPSA) is 97.0 Å². The van der Waals surface area contributed by atoms with Gasteiger partial charge in [-0.25, -0.2) is 8.42 Å². The molecule has 1 saturated heterocycles. The molecule has 9 heteroatoms. The van der Waals surface area contributed by atoms with Gasteiger partial charge in [-0.3, -0.25) is 9.69 Å². The number of morpholine rings is 1. The summed E-state index contributed by atoms with van der Waals surface area (Å²) in [5.74, 6) is 0.188. The van der Waals surface area contributed by atoms with Gasteiger partial charge in [-0.2, -0.15) is 4.72 Å². The molecule has 0 saturated carbocycles. The van der Waals surface area contributed by atoms with E-state index < -0.39 is 16.1 Å². The van der Waals surface area contributed by atoms with Crippen molar-refractivity contribution in [1.29, 1.82) is 0 Å². The minimum Gasteiger partial charge on any atom is -0.497 e. The molecule has 2 N–H and O–H groups in total. The second kappa shape index (κ2) is 9.42. The van der Waals surface area contributed by atoms with E-state index >= 15 is 0 Å². The summed E-state index contributed by atoms with van der Waals surface area (Å²) in [4.78, 5) is 14.9. The lowest BCUT2D eigenvalue weighted by Gasteiger charge is -2.45. The molecule has 0 aromatic heterocycles. The molecule has 1 aromatic rings. The summed E-state index contributed by atoms with van der Waals surface area (Å²) in [6.07, 6.45) is 0.257. The number of methoxy groups -OCH3 is 1. The van der Waals surface area contributed by atoms with Crippen molar-refractivity contribution in [3.63, 3.8) is 0 Å². The monoisotopic (exact) mass is 427 g/mol. The lowest BCUT2D eigenvalue weighted by Crippen LogP contribution is -2.59. The zero-order valence-corrected chi connectivity index (χ0v) is 18.9. The standard InChI is InChI=1S/C20H33N3O5S/c1-14-11-23(12-15(2)28-14)20(4,5)13-21-19(24)16(3)22-29(25,26)18-9-7-17(27-6)8-10-18/h7-10,14-16,22H,11-13H2,1-6H3,(H,21,24)/t14?,15?,16-/m0/s1. The number of nitrogens with zero attached hydrogens (tertiary/aromatic N) is 1. The van der Waals surface area contributed by atoms with Crippen LogP contribution >= 0.6 is 0 Å². The van der Waals surface area contributed by atoms with E-state index in [-0.39, 0.29) is 28.5 Å². The van der Waals surface area contributed by atoms with E-state index in [0.717, 1.165) is 13.1 Å². The Labute approximate surface area is 174 Å². The van der Waals surface area contributed by atoms with E-state index in [4.69, 9.17) is 9.47 Å². The third-order valence-electron chi connectivity index (χ3n) is 5.07. The lowest BCUT2D eigenvalue weighted by molar-refractivity contribution is -0.124. The summed E-state index contributed by atoms with van der Waals surface area (Å²) in [5, 5.41) is 2.87. The summed E-state index contributed by atoms with van der Waals surface area (Å²) in [6, 6.07) is 5.10. The third-order valence-corrected chi connectivity index (χ3v) is 6.62. The Bertz CT molecular complexity index is 785. The summed E-state index contributed by atoms with van der Waals surface area (Å²) in [7, 11) is -2.30. The van der Waals surface area contributed by atoms with Gasteiger partial charge in [-0.05, 0) is 58.9 Å². The minimum absolute atomic E-state index is 0.0783. The Morgan fingerprint density at radius 2 is 1.79 bits per heavy atom. The van der Waals surface area contributed by atoms with Crippen LogP contribution in [0.2, 0.25) is 0 Å². The van der Waals surface area contributed by atoms with Crippen LogP contribution in [-0.2, 0) is 19.6 Å². The first-order valence-corrected chi connectivity index (χ1v) is 11.3. The Balaban J connectivity index is 1.94. The molecular weight excluding hydrogens is 394 g/mol. The van der Waals surface area contributed by atoms with Crippen molar-refractivity contribution in [2.45, 2.75) is 63.3 Å². The van der Waals surface area contributed by atoms with Crippen molar-refractivity contribution in [2.24, 2.45) is 0 Å². The van der Waals surface area contributed by atoms with Crippen molar-refractivity contribution < 1.29 is 22.7 Å². The number of amides is 1. The Hall–Kier alpha value is -1.68. The number of sulfonamides is 1. The molecule has 1 aliphatic rings. The van der Waals surface area contributed by atoms with Gasteiger partial charge in [0.05, 0.1) is 30.3 Å². The van der Waals surface area contributed by atoms with Gasteiger partial charge in [0.25, 0.3) is 0 Å². The van der Waals surface area contributed by atoms with Gasteiger partial charge < -0.3 is 14.8 Å². The number of ether oxygens (including phenoxy) is 2. The van der Waals surface area contributed by atoms with Crippen LogP contribution in [-0.4, -0.2) is 69.8 Å². The molecule has 1 aliphatic heterocycles. The molecule has 0 radical (unpaired) electrons. The van der Waals surface area contributed by atoms with E-state index in [1.54, 1.807) is 12.1 Å². The summed E-state index contributed by atoms with van der Waals surface area (Å²) >= 11 is 0. The van der Waals surface area contributed by atoms with E-state index in [0.29, 0.717) is 12.3 Å². The second-order valence-electron chi connectivity index (χ2n) is 8.21. The van der Waals surface area contributed by atoms with Gasteiger partial charge in [0.1, 0.15) is 5.75 Å². The SMILES string of the molecule is COc1ccc(S(=O)(=O)N[C@@H](C)C(=O)NCC(C)(C)N2CC(C)OC(C)C2)cc1. The maximum absolute atomic E-state index is 12.5. The zero-order chi connectivity index (χ0) is 21.8. The maximum Gasteiger partial charge on any atom is 0.241 e. The predicted octanol–water partition coefficient (Wildman–Crippen LogP) is 1.37. The zero-order valence-electron chi connectivity index (χ0n) is 18.1. The van der Waals surface area contributed by atoms with Crippen LogP contribution in [0.4, 0.5) is 0 Å². The molecule has 164 valence electrons. The fourth-order valence-electron chi connectivity index (χ4n) is 3.35. The first-order chi connectivity index (χ1) is 13.4. The maximum atomic E-state index is 12.5. The number of carbonyl (C=O) groups excluding carboxylic acids is 1. The molecule has 2 rings (SSSR count). The molecule has 1 amide bonds. The largest absolute Gasteiger partial charge is 0.497 e. The van der Waals surface area contributed by atoms with Gasteiger partial charge >= 0.3 is 0 Å². The minimum atomic E-state index is -3.81. The van der Waals surface area contributed by atoms with E-state index in [1.165, 1.54) is 26.2 Å². The molecule has 0 spiro atoms. The third kappa shape index (κ3) is 6.40. The normalized spacial score (nSPS) is 22.1. The van der Waals surface area contributed by atoms with Crippen LogP contribution in [0.5, 0.6) is 5.75 Å². The van der Waals surface area contributed by atoms with Crippen molar-refractivity contribution in [2.75, 3.05) is 26.7 Å². The molecule has 3 atom stereocenters. The first-order valence-electron chi connectivity index (χ1n) is 9.79. The number of carbonyl (C=O) groups is 1. The van der Waals surface area contributed by atoms with Crippen LogP contribution in [0.25, 0.3) is 0 Å². The van der Waals surface area contributed by atoms with Crippen LogP contribution in [0, 0.1) is 0 Å². The van der Waals surface area contributed by atoms with Crippen molar-refractivity contribution in [1.82, 2.24) is 14.9 Å². The molecule has 1 aromatic carbocycles. The highest BCUT2D eigenvalue weighted by atomic mass is 32.2. The highest BCUT2D eigenvalue weighted by Crippen LogP contribution is 2.21. The van der Waals surface area contributed by atoms with E-state index in [1.807, 2.05) is 13.8 Å². The van der Waals surface area contributed by atoms with Gasteiger partial charge in [0.15, 0.2) is 0 Å². The van der Waals surface area contributed by atoms with E-state index in [9.17, 15) is 13.2 Å². The molecule has 0 bridgehead atoms. The molecule has 0 aliphatic carbocycles. The smallest absolute Gasteiger partial charge is 0.241 e. The van der Waals surface area contributed by atoms with Crippen molar-refractivity contribution in [3.8, 4) is 5.75 Å². The average Bonchev–Trinajstić information content (AvgIpc) is 2.65. The van der Waals surface area contributed by atoms with Gasteiger partial charge in [0, 0.05) is 25.2 Å². The van der Waals surface area contributed by atoms with Gasteiger partial charge in [-0.15, -0.1) is 0 Å². The summed E-state index contributed by atoms with van der Waals surface area (Å²) in [6.45, 7) is 11.7. The number of nitrogens with one attached hydrogen (secondary N) is 2. The molecular formula is C20H33N3O5S. The van der Waals surface area contributed by atoms with Crippen molar-refractivity contribution in [3.05, 3.63) is 24.3 Å². The van der Waals surface area contributed by atoms with Crippen molar-refractivity contribution >= 4 is 15.9 Å². The second-order valence-corrected chi connectivity index (χ2v) is 9.93. The molecule has 2 unspecified atom stereocenters. The fraction of sp³-hybridized carbons (Fsp3) is 0.650. The Kier molecular flexibility index (Phi) is 7.67. The van der Waals surface area contributed by atoms with Crippen LogP contribution in [0.1, 0.15) is 34.6 Å². The van der Waals surface area contributed by atoms with Gasteiger partial charge in [-0.1, -0.05) is 0 Å². The number of rotatable bonds is 8. The van der Waals surface area contributed by atoms with E-state index in [2.05, 4.69) is 28.8 Å². The van der Waals surface area contributed by atoms with Crippen LogP contribution in [0.3, 0.4) is 0 Å². The van der Waals surface area contributed by atoms with Crippen LogP contribution < -0.4 is 14.8 Å². The highest BCUT2D eigenvalue weighted by molar-refractivity contribution is 7.89.